The first-order valence-corrected chi connectivity index (χ1v) is 8.97. The number of nitrogens with one attached hydrogen (secondary N) is 2. The van der Waals surface area contributed by atoms with Crippen molar-refractivity contribution in [2.75, 3.05) is 0 Å². The average Bonchev–Trinajstić information content (AvgIpc) is 2.82. The van der Waals surface area contributed by atoms with Gasteiger partial charge in [0.1, 0.15) is 6.54 Å². The zero-order valence-corrected chi connectivity index (χ0v) is 15.9. The molecule has 0 saturated carbocycles. The zero-order chi connectivity index (χ0) is 20.0. The van der Waals surface area contributed by atoms with E-state index in [2.05, 4.69) is 43.3 Å². The van der Waals surface area contributed by atoms with Crippen LogP contribution in [0.2, 0.25) is 0 Å². The standard InChI is InChI=1S/C19H25F3N4O/c1-17(2)9-12(10-18(3,4)25-17)23-15(27)11-26-14-8-6-5-7-13(14)24-16(26)19(20,21)22/h5-8,12,25H,9-11H2,1-4H3,(H,23,27). The van der Waals surface area contributed by atoms with Gasteiger partial charge in [-0.1, -0.05) is 12.1 Å². The van der Waals surface area contributed by atoms with Crippen LogP contribution in [0.5, 0.6) is 0 Å². The summed E-state index contributed by atoms with van der Waals surface area (Å²) in [5, 5.41) is 6.44. The average molecular weight is 382 g/mol. The number of rotatable bonds is 3. The first kappa shape index (κ1) is 19.7. The number of nitrogens with zero attached hydrogens (tertiary/aromatic N) is 2. The number of carbonyl (C=O) groups is 1. The van der Waals surface area contributed by atoms with Crippen molar-refractivity contribution < 1.29 is 18.0 Å². The van der Waals surface area contributed by atoms with Gasteiger partial charge in [0.25, 0.3) is 0 Å². The Bertz CT molecular complexity index is 838. The maximum absolute atomic E-state index is 13.4. The van der Waals surface area contributed by atoms with Gasteiger partial charge in [-0.2, -0.15) is 13.2 Å². The Hall–Kier alpha value is -2.09. The lowest BCUT2D eigenvalue weighted by Crippen LogP contribution is -2.62. The number of hydrogen-bond donors (Lipinski definition) is 2. The second-order valence-electron chi connectivity index (χ2n) is 8.57. The normalized spacial score (nSPS) is 20.0. The quantitative estimate of drug-likeness (QED) is 0.855. The summed E-state index contributed by atoms with van der Waals surface area (Å²) >= 11 is 0. The van der Waals surface area contributed by atoms with Crippen molar-refractivity contribution in [2.24, 2.45) is 0 Å². The Labute approximate surface area is 156 Å². The fourth-order valence-electron chi connectivity index (χ4n) is 4.29. The lowest BCUT2D eigenvalue weighted by Gasteiger charge is -2.46. The van der Waals surface area contributed by atoms with Gasteiger partial charge >= 0.3 is 6.18 Å². The molecule has 5 nitrogen and oxygen atoms in total. The minimum Gasteiger partial charge on any atom is -0.352 e. The van der Waals surface area contributed by atoms with Gasteiger partial charge in [0, 0.05) is 17.1 Å². The highest BCUT2D eigenvalue weighted by Crippen LogP contribution is 2.32. The molecule has 2 heterocycles. The number of halogens is 3. The third kappa shape index (κ3) is 4.43. The van der Waals surface area contributed by atoms with E-state index in [-0.39, 0.29) is 22.6 Å². The number of carbonyl (C=O) groups excluding carboxylic acids is 1. The molecule has 0 unspecified atom stereocenters. The van der Waals surface area contributed by atoms with Crippen LogP contribution in [0.3, 0.4) is 0 Å². The molecule has 2 N–H and O–H groups in total. The van der Waals surface area contributed by atoms with E-state index >= 15 is 0 Å². The van der Waals surface area contributed by atoms with Gasteiger partial charge in [-0.3, -0.25) is 4.79 Å². The first-order chi connectivity index (χ1) is 12.4. The van der Waals surface area contributed by atoms with Gasteiger partial charge in [-0.15, -0.1) is 0 Å². The minimum atomic E-state index is -4.63. The Morgan fingerprint density at radius 3 is 2.41 bits per heavy atom. The van der Waals surface area contributed by atoms with Crippen molar-refractivity contribution >= 4 is 16.9 Å². The van der Waals surface area contributed by atoms with Crippen LogP contribution in [-0.4, -0.2) is 32.6 Å². The van der Waals surface area contributed by atoms with Crippen molar-refractivity contribution in [2.45, 2.75) is 70.4 Å². The molecule has 0 atom stereocenters. The molecule has 1 fully saturated rings. The van der Waals surface area contributed by atoms with Crippen molar-refractivity contribution in [1.82, 2.24) is 20.2 Å². The second-order valence-corrected chi connectivity index (χ2v) is 8.57. The van der Waals surface area contributed by atoms with Crippen LogP contribution >= 0.6 is 0 Å². The molecule has 1 aromatic heterocycles. The largest absolute Gasteiger partial charge is 0.449 e. The van der Waals surface area contributed by atoms with Crippen LogP contribution in [0.1, 0.15) is 46.4 Å². The van der Waals surface area contributed by atoms with Crippen molar-refractivity contribution in [3.63, 3.8) is 0 Å². The summed E-state index contributed by atoms with van der Waals surface area (Å²) in [5.41, 5.74) is 0.185. The molecular formula is C19H25F3N4O. The summed E-state index contributed by atoms with van der Waals surface area (Å²) in [4.78, 5) is 16.3. The minimum absolute atomic E-state index is 0.104. The molecular weight excluding hydrogens is 357 g/mol. The predicted octanol–water partition coefficient (Wildman–Crippen LogP) is 3.48. The Morgan fingerprint density at radius 1 is 1.22 bits per heavy atom. The number of imidazole rings is 1. The molecule has 3 rings (SSSR count). The number of piperidine rings is 1. The number of alkyl halides is 3. The number of fused-ring (bicyclic) bond motifs is 1. The van der Waals surface area contributed by atoms with E-state index in [0.717, 1.165) is 4.57 Å². The van der Waals surface area contributed by atoms with Gasteiger partial charge in [-0.05, 0) is 52.7 Å². The molecule has 1 aromatic carbocycles. The van der Waals surface area contributed by atoms with Crippen LogP contribution in [-0.2, 0) is 17.5 Å². The lowest BCUT2D eigenvalue weighted by molar-refractivity contribution is -0.147. The molecule has 1 amide bonds. The highest BCUT2D eigenvalue weighted by atomic mass is 19.4. The maximum atomic E-state index is 13.4. The van der Waals surface area contributed by atoms with Crippen molar-refractivity contribution in [3.05, 3.63) is 30.1 Å². The van der Waals surface area contributed by atoms with Crippen LogP contribution in [0, 0.1) is 0 Å². The molecule has 1 aliphatic heterocycles. The molecule has 0 bridgehead atoms. The fraction of sp³-hybridized carbons (Fsp3) is 0.579. The molecule has 8 heteroatoms. The smallest absolute Gasteiger partial charge is 0.352 e. The Morgan fingerprint density at radius 2 is 1.81 bits per heavy atom. The summed E-state index contributed by atoms with van der Waals surface area (Å²) in [6.07, 6.45) is -3.21. The number of benzene rings is 1. The summed E-state index contributed by atoms with van der Waals surface area (Å²) in [6.45, 7) is 7.80. The van der Waals surface area contributed by atoms with E-state index in [0.29, 0.717) is 18.4 Å². The summed E-state index contributed by atoms with van der Waals surface area (Å²) in [7, 11) is 0. The predicted molar refractivity (Wildman–Crippen MR) is 97.2 cm³/mol. The monoisotopic (exact) mass is 382 g/mol. The SMILES string of the molecule is CC1(C)CC(NC(=O)Cn2c(C(F)(F)F)nc3ccccc32)CC(C)(C)N1. The van der Waals surface area contributed by atoms with Gasteiger partial charge in [0.05, 0.1) is 11.0 Å². The molecule has 2 aromatic rings. The molecule has 1 saturated heterocycles. The molecule has 1 aliphatic rings. The van der Waals surface area contributed by atoms with E-state index in [1.165, 1.54) is 6.07 Å². The number of amides is 1. The van der Waals surface area contributed by atoms with Gasteiger partial charge in [0.15, 0.2) is 0 Å². The first-order valence-electron chi connectivity index (χ1n) is 8.97. The third-order valence-corrected chi connectivity index (χ3v) is 4.77. The summed E-state index contributed by atoms with van der Waals surface area (Å²) < 4.78 is 41.1. The van der Waals surface area contributed by atoms with Gasteiger partial charge in [-0.25, -0.2) is 4.98 Å². The summed E-state index contributed by atoms with van der Waals surface area (Å²) in [5.74, 6) is -1.49. The molecule has 148 valence electrons. The van der Waals surface area contributed by atoms with Crippen LogP contribution in [0.15, 0.2) is 24.3 Å². The maximum Gasteiger partial charge on any atom is 0.449 e. The van der Waals surface area contributed by atoms with Crippen LogP contribution in [0.25, 0.3) is 11.0 Å². The molecule has 0 spiro atoms. The number of aromatic nitrogens is 2. The Balaban J connectivity index is 1.82. The summed E-state index contributed by atoms with van der Waals surface area (Å²) in [6, 6.07) is 6.21. The lowest BCUT2D eigenvalue weighted by atomic mass is 9.79. The Kier molecular flexibility index (Phi) is 4.74. The molecule has 0 aliphatic carbocycles. The van der Waals surface area contributed by atoms with E-state index < -0.39 is 24.5 Å². The highest BCUT2D eigenvalue weighted by Gasteiger charge is 2.40. The van der Waals surface area contributed by atoms with E-state index in [9.17, 15) is 18.0 Å². The van der Waals surface area contributed by atoms with E-state index in [4.69, 9.17) is 0 Å². The number of para-hydroxylation sites is 2. The second kappa shape index (κ2) is 6.51. The highest BCUT2D eigenvalue weighted by molar-refractivity contribution is 5.81. The van der Waals surface area contributed by atoms with Crippen molar-refractivity contribution in [3.8, 4) is 0 Å². The molecule has 0 radical (unpaired) electrons. The third-order valence-electron chi connectivity index (χ3n) is 4.77. The van der Waals surface area contributed by atoms with E-state index in [1.54, 1.807) is 18.2 Å². The van der Waals surface area contributed by atoms with Crippen molar-refractivity contribution in [1.29, 1.82) is 0 Å². The van der Waals surface area contributed by atoms with Gasteiger partial charge < -0.3 is 15.2 Å². The van der Waals surface area contributed by atoms with Crippen LogP contribution in [0.4, 0.5) is 13.2 Å². The molecule has 27 heavy (non-hydrogen) atoms. The number of hydrogen-bond acceptors (Lipinski definition) is 3. The fourth-order valence-corrected chi connectivity index (χ4v) is 4.29. The topological polar surface area (TPSA) is 59.0 Å². The van der Waals surface area contributed by atoms with Crippen LogP contribution < -0.4 is 10.6 Å². The van der Waals surface area contributed by atoms with E-state index in [1.807, 2.05) is 0 Å². The van der Waals surface area contributed by atoms with Gasteiger partial charge in [0.2, 0.25) is 11.7 Å². The zero-order valence-electron chi connectivity index (χ0n) is 15.9.